The Labute approximate surface area is 136 Å². The number of amides is 1. The van der Waals surface area contributed by atoms with E-state index < -0.39 is 11.7 Å². The molecular formula is C15H24ClN3O3. The van der Waals surface area contributed by atoms with Crippen molar-refractivity contribution in [1.82, 2.24) is 4.98 Å². The monoisotopic (exact) mass is 302 g/mol. The van der Waals surface area contributed by atoms with Gasteiger partial charge in [0.25, 0.3) is 0 Å². The summed E-state index contributed by atoms with van der Waals surface area (Å²) in [6, 6.07) is 1.65. The van der Waals surface area contributed by atoms with Crippen LogP contribution in [0.25, 0.3) is 0 Å². The van der Waals surface area contributed by atoms with E-state index >= 15 is 0 Å². The molecule has 0 aliphatic heterocycles. The van der Waals surface area contributed by atoms with Gasteiger partial charge in [0.05, 0.1) is 24.2 Å². The lowest BCUT2D eigenvalue weighted by atomic mass is 2.78. The molecule has 1 rings (SSSR count). The number of nitrogens with zero attached hydrogens (tertiary/aromatic N) is 1. The number of hydrogen-bond acceptors (Lipinski definition) is 5. The molecule has 1 aromatic rings. The molecule has 0 atom stereocenters. The first-order chi connectivity index (χ1) is 10.3. The Hall–Kier alpha value is -1.53. The van der Waals surface area contributed by atoms with Crippen molar-refractivity contribution in [3.63, 3.8) is 0 Å². The summed E-state index contributed by atoms with van der Waals surface area (Å²) in [7, 11) is 0. The van der Waals surface area contributed by atoms with Crippen LogP contribution in [-0.4, -0.2) is 36.4 Å². The van der Waals surface area contributed by atoms with Crippen LogP contribution in [0, 0.1) is 0 Å². The average molecular weight is 303 g/mol. The molecular weight excluding hydrogens is 279 g/mol. The quantitative estimate of drug-likeness (QED) is 0.590. The molecule has 0 aromatic carbocycles. The second-order valence-electron chi connectivity index (χ2n) is 5.72. The summed E-state index contributed by atoms with van der Waals surface area (Å²) in [6.07, 6.45) is 1.93. The standard InChI is InChI=1S/C15H24ClN3O3/c1-5-7-21-8-6-17-11-9-13(16)18-10-12(11)19-14(20)22-15(2,3)4/h9-10H,5-8H2,1-4H3,(H,17,18)(H,19,20)/i1-9,2-9,3-9. The lowest BCUT2D eigenvalue weighted by Gasteiger charge is -2.20. The van der Waals surface area contributed by atoms with Crippen LogP contribution in [0.1, 0.15) is 34.1 Å². The smallest absolute Gasteiger partial charge is 0.412 e. The summed E-state index contributed by atoms with van der Waals surface area (Å²) in [6.45, 7) is 9.36. The zero-order valence-electron chi connectivity index (χ0n) is 13.5. The highest BCUT2D eigenvalue weighted by atomic mass is 35.5. The van der Waals surface area contributed by atoms with Crippen LogP contribution >= 0.6 is 11.6 Å². The molecule has 0 saturated heterocycles. The summed E-state index contributed by atoms with van der Waals surface area (Å²) in [5.74, 6) is 0. The summed E-state index contributed by atoms with van der Waals surface area (Å²) >= 11 is 5.90. The number of nitrogens with one attached hydrogen (secondary N) is 2. The molecule has 0 aliphatic carbocycles. The summed E-state index contributed by atoms with van der Waals surface area (Å²) < 4.78 is 10.6. The minimum Gasteiger partial charge on any atom is -0.444 e. The highest BCUT2D eigenvalue weighted by molar-refractivity contribution is 6.29. The van der Waals surface area contributed by atoms with Crippen LogP contribution < -0.4 is 10.6 Å². The molecule has 1 aromatic heterocycles. The lowest BCUT2D eigenvalue weighted by molar-refractivity contribution is 0.0636. The molecule has 1 heterocycles. The van der Waals surface area contributed by atoms with Crippen molar-refractivity contribution in [3.8, 4) is 0 Å². The zero-order chi connectivity index (χ0) is 16.6. The van der Waals surface area contributed by atoms with Gasteiger partial charge < -0.3 is 14.8 Å². The van der Waals surface area contributed by atoms with E-state index in [0.29, 0.717) is 29.7 Å². The van der Waals surface area contributed by atoms with Crippen LogP contribution in [0.3, 0.4) is 0 Å². The van der Waals surface area contributed by atoms with Crippen molar-refractivity contribution in [1.29, 1.82) is 0 Å². The number of ether oxygens (including phenoxy) is 2. The van der Waals surface area contributed by atoms with Crippen molar-refractivity contribution in [2.45, 2.75) is 39.7 Å². The van der Waals surface area contributed by atoms with Gasteiger partial charge in [-0.25, -0.2) is 9.78 Å². The normalized spacial score (nSPS) is 11.1. The van der Waals surface area contributed by atoms with Gasteiger partial charge in [0, 0.05) is 19.2 Å². The predicted molar refractivity (Wildman–Crippen MR) is 88.7 cm³/mol. The van der Waals surface area contributed by atoms with E-state index in [1.54, 1.807) is 26.8 Å². The number of rotatable bonds is 7. The molecule has 124 valence electrons. The van der Waals surface area contributed by atoms with Crippen LogP contribution in [0.5, 0.6) is 0 Å². The van der Waals surface area contributed by atoms with E-state index in [2.05, 4.69) is 22.5 Å². The summed E-state index contributed by atoms with van der Waals surface area (Å²) in [5, 5.41) is 6.16. The number of anilines is 2. The van der Waals surface area contributed by atoms with Crippen LogP contribution in [-0.2, 0) is 9.47 Å². The van der Waals surface area contributed by atoms with Gasteiger partial charge in [0.15, 0.2) is 0 Å². The molecule has 0 aliphatic rings. The summed E-state index contributed by atoms with van der Waals surface area (Å²) in [4.78, 5) is 15.8. The fourth-order valence-electron chi connectivity index (χ4n) is 1.59. The number of halogens is 1. The van der Waals surface area contributed by atoms with E-state index in [4.69, 9.17) is 21.1 Å². The first kappa shape index (κ1) is 18.5. The first-order valence-corrected chi connectivity index (χ1v) is 7.67. The van der Waals surface area contributed by atoms with E-state index in [9.17, 15) is 4.79 Å². The van der Waals surface area contributed by atoms with E-state index in [-0.39, 0.29) is 0 Å². The molecule has 6 nitrogen and oxygen atoms in total. The number of aromatic nitrogens is 1. The lowest BCUT2D eigenvalue weighted by Crippen LogP contribution is -2.27. The van der Waals surface area contributed by atoms with Gasteiger partial charge in [-0.2, -0.15) is 0 Å². The Balaban J connectivity index is 2.63. The Morgan fingerprint density at radius 1 is 1.41 bits per heavy atom. The molecule has 0 spiro atoms. The largest absolute Gasteiger partial charge is 0.444 e. The third-order valence-corrected chi connectivity index (χ3v) is 2.62. The predicted octanol–water partition coefficient (Wildman–Crippen LogP) is 3.92. The van der Waals surface area contributed by atoms with E-state index in [0.717, 1.165) is 13.0 Å². The second-order valence-corrected chi connectivity index (χ2v) is 6.11. The number of pyridine rings is 1. The van der Waals surface area contributed by atoms with E-state index in [1.165, 1.54) is 6.20 Å². The highest BCUT2D eigenvalue weighted by Crippen LogP contribution is 2.24. The zero-order valence-corrected chi connectivity index (χ0v) is 14.3. The maximum Gasteiger partial charge on any atom is 0.412 e. The molecule has 0 bridgehead atoms. The Morgan fingerprint density at radius 2 is 2.14 bits per heavy atom. The van der Waals surface area contributed by atoms with Crippen molar-refractivity contribution in [2.75, 3.05) is 30.4 Å². The van der Waals surface area contributed by atoms with Crippen molar-refractivity contribution >= 4 is 29.1 Å². The topological polar surface area (TPSA) is 72.5 Å². The van der Waals surface area contributed by atoms with Gasteiger partial charge in [-0.05, 0) is 27.2 Å². The van der Waals surface area contributed by atoms with Gasteiger partial charge >= 0.3 is 6.09 Å². The number of carbonyl (C=O) groups excluding carboxylic acids is 1. The molecule has 0 unspecified atom stereocenters. The van der Waals surface area contributed by atoms with Gasteiger partial charge in [0.2, 0.25) is 0 Å². The molecule has 0 saturated carbocycles. The molecule has 2 N–H and O–H groups in total. The number of hydrogen-bond donors (Lipinski definition) is 2. The van der Waals surface area contributed by atoms with E-state index in [1.807, 2.05) is 0 Å². The Kier molecular flexibility index (Phi) is 7.41. The molecule has 7 heteroatoms. The maximum atomic E-state index is 11.8. The molecule has 0 radical (unpaired) electrons. The Morgan fingerprint density at radius 3 is 2.77 bits per heavy atom. The third-order valence-electron chi connectivity index (χ3n) is 2.42. The van der Waals surface area contributed by atoms with Crippen molar-refractivity contribution < 1.29 is 14.3 Å². The summed E-state index contributed by atoms with van der Waals surface area (Å²) in [5.41, 5.74) is 0.617. The second kappa shape index (κ2) is 8.80. The third kappa shape index (κ3) is 7.47. The SMILES string of the molecule is CC([3CH3])([3CH3])OC(=O)Nc1cnc(Cl)cc1NCCOCC[3CH3]. The van der Waals surface area contributed by atoms with Crippen molar-refractivity contribution in [2.24, 2.45) is 0 Å². The van der Waals surface area contributed by atoms with Crippen LogP contribution in [0.2, 0.25) is 5.15 Å². The molecule has 22 heavy (non-hydrogen) atoms. The molecule has 1 amide bonds. The minimum atomic E-state index is -0.564. The average Bonchev–Trinajstić information content (AvgIpc) is 2.39. The number of carbonyl (C=O) groups is 1. The highest BCUT2D eigenvalue weighted by Gasteiger charge is 2.17. The van der Waals surface area contributed by atoms with Crippen molar-refractivity contribution in [3.05, 3.63) is 17.4 Å². The maximum absolute atomic E-state index is 11.8. The fourth-order valence-corrected chi connectivity index (χ4v) is 1.75. The van der Waals surface area contributed by atoms with Gasteiger partial charge in [-0.15, -0.1) is 0 Å². The minimum absolute atomic E-state index is 0.340. The van der Waals surface area contributed by atoms with Crippen LogP contribution in [0.4, 0.5) is 16.2 Å². The van der Waals surface area contributed by atoms with Crippen LogP contribution in [0.15, 0.2) is 12.3 Å². The first-order valence-electron chi connectivity index (χ1n) is 7.29. The van der Waals surface area contributed by atoms with Gasteiger partial charge in [0.1, 0.15) is 10.8 Å². The van der Waals surface area contributed by atoms with Gasteiger partial charge in [-0.1, -0.05) is 18.5 Å². The van der Waals surface area contributed by atoms with Gasteiger partial charge in [-0.3, -0.25) is 5.32 Å². The molecule has 0 fully saturated rings. The fraction of sp³-hybridized carbons (Fsp3) is 0.600. The Bertz CT molecular complexity index is 489.